The number of hydrogen-bond donors (Lipinski definition) is 1. The molecule has 1 N–H and O–H groups in total. The summed E-state index contributed by atoms with van der Waals surface area (Å²) in [6.07, 6.45) is 0. The molecule has 5 nitrogen and oxygen atoms in total. The number of nitrogens with one attached hydrogen (secondary N) is 1. The maximum atomic E-state index is 11.9. The van der Waals surface area contributed by atoms with E-state index in [9.17, 15) is 4.79 Å². The van der Waals surface area contributed by atoms with Crippen molar-refractivity contribution in [3.63, 3.8) is 0 Å². The maximum absolute atomic E-state index is 11.9. The highest BCUT2D eigenvalue weighted by Crippen LogP contribution is 2.26. The van der Waals surface area contributed by atoms with Gasteiger partial charge in [0.25, 0.3) is 0 Å². The summed E-state index contributed by atoms with van der Waals surface area (Å²) in [6, 6.07) is 0. The van der Waals surface area contributed by atoms with Crippen molar-refractivity contribution in [2.75, 3.05) is 18.0 Å². The Hall–Kier alpha value is -1.17. The molecule has 1 amide bonds. The minimum Gasteiger partial charge on any atom is -0.351 e. The van der Waals surface area contributed by atoms with Crippen LogP contribution >= 0.6 is 11.5 Å². The lowest BCUT2D eigenvalue weighted by Gasteiger charge is -2.39. The first kappa shape index (κ1) is 12.3. The van der Waals surface area contributed by atoms with Crippen LogP contribution in [0.1, 0.15) is 26.6 Å². The Balaban J connectivity index is 1.85. The summed E-state index contributed by atoms with van der Waals surface area (Å²) in [6.45, 7) is 9.36. The van der Waals surface area contributed by atoms with Gasteiger partial charge in [-0.1, -0.05) is 0 Å². The van der Waals surface area contributed by atoms with Gasteiger partial charge in [0.2, 0.25) is 11.0 Å². The Morgan fingerprint density at radius 3 is 2.59 bits per heavy atom. The number of amides is 1. The van der Waals surface area contributed by atoms with Crippen LogP contribution in [0.5, 0.6) is 0 Å². The molecule has 1 aliphatic heterocycles. The number of carbonyl (C=O) groups is 1. The molecule has 2 rings (SSSR count). The number of nitrogens with zero attached hydrogens (tertiary/aromatic N) is 3. The van der Waals surface area contributed by atoms with Crippen LogP contribution in [0.2, 0.25) is 0 Å². The van der Waals surface area contributed by atoms with E-state index in [1.807, 2.05) is 27.7 Å². The van der Waals surface area contributed by atoms with Gasteiger partial charge in [0.05, 0.1) is 5.92 Å². The van der Waals surface area contributed by atoms with Crippen molar-refractivity contribution in [1.82, 2.24) is 14.7 Å². The number of aromatic nitrogens is 2. The number of anilines is 1. The summed E-state index contributed by atoms with van der Waals surface area (Å²) in [7, 11) is 0. The first-order valence-electron chi connectivity index (χ1n) is 5.72. The third kappa shape index (κ3) is 2.94. The van der Waals surface area contributed by atoms with E-state index in [4.69, 9.17) is 0 Å². The van der Waals surface area contributed by atoms with Crippen molar-refractivity contribution < 1.29 is 4.79 Å². The maximum Gasteiger partial charge on any atom is 0.227 e. The number of carbonyl (C=O) groups excluding carboxylic acids is 1. The van der Waals surface area contributed by atoms with Crippen LogP contribution < -0.4 is 10.2 Å². The second kappa shape index (κ2) is 4.25. The molecule has 1 aromatic rings. The molecule has 6 heteroatoms. The van der Waals surface area contributed by atoms with Gasteiger partial charge in [-0.15, -0.1) is 0 Å². The van der Waals surface area contributed by atoms with E-state index < -0.39 is 0 Å². The van der Waals surface area contributed by atoms with E-state index in [1.165, 1.54) is 11.5 Å². The van der Waals surface area contributed by atoms with E-state index >= 15 is 0 Å². The fourth-order valence-electron chi connectivity index (χ4n) is 1.69. The first-order valence-corrected chi connectivity index (χ1v) is 6.50. The molecule has 0 saturated carbocycles. The molecule has 0 aliphatic carbocycles. The Kier molecular flexibility index (Phi) is 3.07. The highest BCUT2D eigenvalue weighted by atomic mass is 32.1. The SMILES string of the molecule is Cc1nsc(N2CC(C(=O)NC(C)(C)C)C2)n1. The highest BCUT2D eigenvalue weighted by molar-refractivity contribution is 7.09. The topological polar surface area (TPSA) is 58.1 Å². The van der Waals surface area contributed by atoms with E-state index in [0.717, 1.165) is 24.0 Å². The summed E-state index contributed by atoms with van der Waals surface area (Å²) >= 11 is 1.39. The molecule has 0 bridgehead atoms. The van der Waals surface area contributed by atoms with E-state index in [0.29, 0.717) is 0 Å². The van der Waals surface area contributed by atoms with Gasteiger partial charge in [-0.3, -0.25) is 4.79 Å². The molecule has 0 radical (unpaired) electrons. The van der Waals surface area contributed by atoms with Crippen molar-refractivity contribution in [1.29, 1.82) is 0 Å². The van der Waals surface area contributed by atoms with E-state index in [-0.39, 0.29) is 17.4 Å². The highest BCUT2D eigenvalue weighted by Gasteiger charge is 2.35. The normalized spacial score (nSPS) is 16.8. The van der Waals surface area contributed by atoms with Crippen molar-refractivity contribution in [2.45, 2.75) is 33.2 Å². The molecule has 17 heavy (non-hydrogen) atoms. The average molecular weight is 254 g/mol. The first-order chi connectivity index (χ1) is 7.85. The lowest BCUT2D eigenvalue weighted by Crippen LogP contribution is -2.56. The summed E-state index contributed by atoms with van der Waals surface area (Å²) in [4.78, 5) is 18.3. The zero-order valence-electron chi connectivity index (χ0n) is 10.6. The molecule has 1 fully saturated rings. The number of aryl methyl sites for hydroxylation is 1. The molecule has 0 unspecified atom stereocenters. The summed E-state index contributed by atoms with van der Waals surface area (Å²) in [5.41, 5.74) is -0.156. The minimum absolute atomic E-state index is 0.0819. The monoisotopic (exact) mass is 254 g/mol. The van der Waals surface area contributed by atoms with Crippen LogP contribution in [0.4, 0.5) is 5.13 Å². The van der Waals surface area contributed by atoms with Gasteiger partial charge in [0.1, 0.15) is 5.82 Å². The Bertz CT molecular complexity index is 417. The summed E-state index contributed by atoms with van der Waals surface area (Å²) < 4.78 is 4.14. The molecule has 0 atom stereocenters. The van der Waals surface area contributed by atoms with Gasteiger partial charge in [0, 0.05) is 30.2 Å². The predicted octanol–water partition coefficient (Wildman–Crippen LogP) is 1.20. The van der Waals surface area contributed by atoms with E-state index in [2.05, 4.69) is 19.6 Å². The molecule has 0 aromatic carbocycles. The second-order valence-corrected chi connectivity index (χ2v) is 6.20. The zero-order chi connectivity index (χ0) is 12.6. The number of rotatable bonds is 2. The fraction of sp³-hybridized carbons (Fsp3) is 0.727. The smallest absolute Gasteiger partial charge is 0.227 e. The fourth-order valence-corrected chi connectivity index (χ4v) is 2.38. The molecule has 94 valence electrons. The van der Waals surface area contributed by atoms with Gasteiger partial charge >= 0.3 is 0 Å². The minimum atomic E-state index is -0.156. The Labute approximate surface area is 105 Å². The molecule has 1 saturated heterocycles. The van der Waals surface area contributed by atoms with Crippen LogP contribution in [0.15, 0.2) is 0 Å². The van der Waals surface area contributed by atoms with Crippen LogP contribution in [-0.4, -0.2) is 33.9 Å². The molecule has 2 heterocycles. The van der Waals surface area contributed by atoms with Gasteiger partial charge in [-0.2, -0.15) is 4.37 Å². The third-order valence-electron chi connectivity index (χ3n) is 2.54. The lowest BCUT2D eigenvalue weighted by molar-refractivity contribution is -0.127. The van der Waals surface area contributed by atoms with Crippen LogP contribution in [0.25, 0.3) is 0 Å². The zero-order valence-corrected chi connectivity index (χ0v) is 11.5. The van der Waals surface area contributed by atoms with Crippen molar-refractivity contribution >= 4 is 22.6 Å². The molecular formula is C11H18N4OS. The van der Waals surface area contributed by atoms with Gasteiger partial charge in [-0.25, -0.2) is 4.98 Å². The predicted molar refractivity (Wildman–Crippen MR) is 68.2 cm³/mol. The largest absolute Gasteiger partial charge is 0.351 e. The summed E-state index contributed by atoms with van der Waals surface area (Å²) in [5.74, 6) is 1.01. The third-order valence-corrected chi connectivity index (χ3v) is 3.41. The summed E-state index contributed by atoms with van der Waals surface area (Å²) in [5, 5.41) is 3.92. The Morgan fingerprint density at radius 1 is 1.47 bits per heavy atom. The van der Waals surface area contributed by atoms with E-state index in [1.54, 1.807) is 0 Å². The lowest BCUT2D eigenvalue weighted by atomic mass is 9.98. The molecule has 0 spiro atoms. The second-order valence-electron chi connectivity index (χ2n) is 5.47. The standard InChI is InChI=1S/C11H18N4OS/c1-7-12-10(17-14-7)15-5-8(6-15)9(16)13-11(2,3)4/h8H,5-6H2,1-4H3,(H,13,16). The van der Waals surface area contributed by atoms with Crippen LogP contribution in [-0.2, 0) is 4.79 Å². The average Bonchev–Trinajstić information content (AvgIpc) is 2.45. The molecular weight excluding hydrogens is 236 g/mol. The van der Waals surface area contributed by atoms with Crippen molar-refractivity contribution in [2.24, 2.45) is 5.92 Å². The molecule has 1 aromatic heterocycles. The Morgan fingerprint density at radius 2 is 2.12 bits per heavy atom. The van der Waals surface area contributed by atoms with Crippen LogP contribution in [0, 0.1) is 12.8 Å². The van der Waals surface area contributed by atoms with Crippen molar-refractivity contribution in [3.8, 4) is 0 Å². The van der Waals surface area contributed by atoms with Gasteiger partial charge in [0.15, 0.2) is 0 Å². The van der Waals surface area contributed by atoms with Gasteiger partial charge in [-0.05, 0) is 27.7 Å². The van der Waals surface area contributed by atoms with Crippen molar-refractivity contribution in [3.05, 3.63) is 5.82 Å². The molecule has 1 aliphatic rings. The van der Waals surface area contributed by atoms with Crippen LogP contribution in [0.3, 0.4) is 0 Å². The number of hydrogen-bond acceptors (Lipinski definition) is 5. The quantitative estimate of drug-likeness (QED) is 0.861. The van der Waals surface area contributed by atoms with Gasteiger partial charge < -0.3 is 10.2 Å².